The number of carbonyl (C=O) groups excluding carboxylic acids is 2. The van der Waals surface area contributed by atoms with Crippen LogP contribution in [0, 0.1) is 5.92 Å². The number of nitrogens with zero attached hydrogens (tertiary/aromatic N) is 2. The van der Waals surface area contributed by atoms with Gasteiger partial charge in [-0.15, -0.1) is 0 Å². The minimum absolute atomic E-state index is 0.00502. The van der Waals surface area contributed by atoms with Crippen LogP contribution < -0.4 is 5.32 Å². The van der Waals surface area contributed by atoms with E-state index in [0.717, 1.165) is 32.4 Å². The molecule has 3 fully saturated rings. The smallest absolute Gasteiger partial charge is 0.306 e. The maximum absolute atomic E-state index is 14.0. The van der Waals surface area contributed by atoms with Crippen molar-refractivity contribution in [2.45, 2.75) is 82.6 Å². The first kappa shape index (κ1) is 34.7. The highest BCUT2D eigenvalue weighted by molar-refractivity contribution is 6.36. The summed E-state index contributed by atoms with van der Waals surface area (Å²) in [5.74, 6) is -1.49. The summed E-state index contributed by atoms with van der Waals surface area (Å²) in [7, 11) is 0. The highest BCUT2D eigenvalue weighted by atomic mass is 35.5. The Morgan fingerprint density at radius 1 is 0.979 bits per heavy atom. The molecule has 12 heteroatoms. The molecule has 258 valence electrons. The number of halogens is 2. The number of benzene rings is 2. The lowest BCUT2D eigenvalue weighted by Gasteiger charge is -2.35. The summed E-state index contributed by atoms with van der Waals surface area (Å²) in [6.45, 7) is 5.59. The quantitative estimate of drug-likeness (QED) is 0.228. The van der Waals surface area contributed by atoms with Crippen molar-refractivity contribution >= 4 is 57.6 Å². The topological polar surface area (TPSA) is 122 Å². The van der Waals surface area contributed by atoms with Gasteiger partial charge in [-0.1, -0.05) is 41.4 Å². The Bertz CT molecular complexity index is 1610. The molecule has 3 aliphatic rings. The minimum Gasteiger partial charge on any atom is -0.481 e. The first-order chi connectivity index (χ1) is 23.2. The molecule has 1 aromatic heterocycles. The Labute approximate surface area is 290 Å². The Balaban J connectivity index is 1.12. The molecule has 48 heavy (non-hydrogen) atoms. The van der Waals surface area contributed by atoms with E-state index in [-0.39, 0.29) is 53.5 Å². The third-order valence-corrected chi connectivity index (χ3v) is 10.8. The first-order valence-corrected chi connectivity index (χ1v) is 17.7. The van der Waals surface area contributed by atoms with Gasteiger partial charge in [-0.05, 0) is 75.6 Å². The first-order valence-electron chi connectivity index (χ1n) is 16.9. The van der Waals surface area contributed by atoms with Crippen LogP contribution in [0.4, 0.5) is 5.69 Å². The number of carbonyl (C=O) groups is 3. The van der Waals surface area contributed by atoms with Crippen molar-refractivity contribution in [1.82, 2.24) is 9.80 Å². The molecule has 2 amide bonds. The van der Waals surface area contributed by atoms with E-state index in [1.165, 1.54) is 6.26 Å². The highest BCUT2D eigenvalue weighted by Gasteiger charge is 2.40. The predicted octanol–water partition coefficient (Wildman–Crippen LogP) is 6.66. The summed E-state index contributed by atoms with van der Waals surface area (Å²) in [5, 5.41) is 13.5. The van der Waals surface area contributed by atoms with E-state index in [0.29, 0.717) is 78.2 Å². The Morgan fingerprint density at radius 3 is 2.44 bits per heavy atom. The number of hydrogen-bond donors (Lipinski definition) is 2. The molecule has 2 aliphatic heterocycles. The van der Waals surface area contributed by atoms with Crippen LogP contribution in [0.3, 0.4) is 0 Å². The number of para-hydroxylation sites is 1. The van der Waals surface area contributed by atoms with E-state index in [9.17, 15) is 19.5 Å². The third kappa shape index (κ3) is 8.00. The number of rotatable bonds is 11. The summed E-state index contributed by atoms with van der Waals surface area (Å²) >= 11 is 13.3. The van der Waals surface area contributed by atoms with E-state index in [1.54, 1.807) is 18.2 Å². The van der Waals surface area contributed by atoms with Gasteiger partial charge in [-0.25, -0.2) is 0 Å². The van der Waals surface area contributed by atoms with Gasteiger partial charge < -0.3 is 29.2 Å². The number of amides is 2. The molecule has 2 N–H and O–H groups in total. The van der Waals surface area contributed by atoms with Crippen molar-refractivity contribution in [3.63, 3.8) is 0 Å². The van der Waals surface area contributed by atoms with Crippen molar-refractivity contribution in [3.8, 4) is 0 Å². The molecule has 1 aliphatic carbocycles. The highest BCUT2D eigenvalue weighted by Crippen LogP contribution is 2.33. The van der Waals surface area contributed by atoms with Gasteiger partial charge in [0.2, 0.25) is 5.91 Å². The number of aliphatic carboxylic acids is 1. The fraction of sp³-hybridized carbons (Fsp3) is 0.528. The zero-order valence-electron chi connectivity index (χ0n) is 27.2. The zero-order valence-corrected chi connectivity index (χ0v) is 28.7. The fourth-order valence-corrected chi connectivity index (χ4v) is 7.88. The zero-order chi connectivity index (χ0) is 33.8. The second-order valence-corrected chi connectivity index (χ2v) is 13.9. The molecule has 1 saturated carbocycles. The lowest BCUT2D eigenvalue weighted by Crippen LogP contribution is -2.45. The van der Waals surface area contributed by atoms with Gasteiger partial charge in [0.15, 0.2) is 0 Å². The van der Waals surface area contributed by atoms with Gasteiger partial charge >= 0.3 is 5.97 Å². The van der Waals surface area contributed by atoms with Gasteiger partial charge in [0.1, 0.15) is 11.8 Å². The largest absolute Gasteiger partial charge is 0.481 e. The number of ether oxygens (including phenoxy) is 2. The lowest BCUT2D eigenvalue weighted by atomic mass is 9.87. The van der Waals surface area contributed by atoms with Crippen LogP contribution in [0.15, 0.2) is 47.1 Å². The summed E-state index contributed by atoms with van der Waals surface area (Å²) in [6.07, 6.45) is 7.13. The molecule has 0 unspecified atom stereocenters. The standard InChI is InChI=1S/C36H43Cl2N3O7/c1-2-46-27-11-13-40(14-12-27)24-17-25(20-47-26-9-7-22(8-10-26)36(44)45)41(19-24)34(42)16-23-15-31(38)32(18-30(23)37)39-35(43)29-21-48-33-6-4-3-5-28(29)33/h3-6,15,18,21-22,24-27H,2,7-14,16-17,19-20H2,1H3,(H,39,43)(H,44,45)/t22?,24-,25-,26?/m0/s1. The fourth-order valence-electron chi connectivity index (χ4n) is 7.41. The SMILES string of the molecule is CCOC1CCN([C@H]2C[C@@H](COC3CCC(C(=O)O)CC3)N(C(=O)Cc3cc(Cl)c(NC(=O)c4coc5ccccc45)cc3Cl)C2)CC1. The van der Waals surface area contributed by atoms with Crippen LogP contribution in [-0.2, 0) is 25.5 Å². The van der Waals surface area contributed by atoms with Gasteiger partial charge in [0.25, 0.3) is 5.91 Å². The summed E-state index contributed by atoms with van der Waals surface area (Å²) in [6, 6.07) is 10.6. The van der Waals surface area contributed by atoms with Gasteiger partial charge in [-0.2, -0.15) is 0 Å². The summed E-state index contributed by atoms with van der Waals surface area (Å²) in [5.41, 5.74) is 1.90. The molecule has 2 saturated heterocycles. The summed E-state index contributed by atoms with van der Waals surface area (Å²) in [4.78, 5) is 42.8. The van der Waals surface area contributed by atoms with Crippen molar-refractivity contribution in [3.05, 3.63) is 63.8 Å². The molecule has 6 rings (SSSR count). The number of furan rings is 1. The molecule has 0 bridgehead atoms. The second-order valence-electron chi connectivity index (χ2n) is 13.1. The number of likely N-dealkylation sites (tertiary alicyclic amines) is 2. The number of fused-ring (bicyclic) bond motifs is 1. The third-order valence-electron chi connectivity index (χ3n) is 10.1. The molecule has 2 atom stereocenters. The maximum Gasteiger partial charge on any atom is 0.306 e. The predicted molar refractivity (Wildman–Crippen MR) is 184 cm³/mol. The van der Waals surface area contributed by atoms with E-state index in [4.69, 9.17) is 37.1 Å². The van der Waals surface area contributed by atoms with Crippen LogP contribution in [0.1, 0.15) is 67.8 Å². The molecule has 3 heterocycles. The summed E-state index contributed by atoms with van der Waals surface area (Å²) < 4.78 is 17.7. The molecule has 2 aromatic carbocycles. The van der Waals surface area contributed by atoms with Gasteiger partial charge in [0.05, 0.1) is 53.5 Å². The average Bonchev–Trinajstić information content (AvgIpc) is 3.72. The number of piperidine rings is 1. The monoisotopic (exact) mass is 699 g/mol. The molecule has 3 aromatic rings. The van der Waals surface area contributed by atoms with Gasteiger partial charge in [-0.3, -0.25) is 19.3 Å². The van der Waals surface area contributed by atoms with Gasteiger partial charge in [0, 0.05) is 42.7 Å². The number of hydrogen-bond acceptors (Lipinski definition) is 7. The van der Waals surface area contributed by atoms with Crippen LogP contribution in [0.2, 0.25) is 10.0 Å². The number of carboxylic acid groups (broad SMARTS) is 1. The van der Waals surface area contributed by atoms with E-state index < -0.39 is 5.97 Å². The minimum atomic E-state index is -0.738. The van der Waals surface area contributed by atoms with Crippen LogP contribution in [0.25, 0.3) is 11.0 Å². The molecular weight excluding hydrogens is 657 g/mol. The Kier molecular flexibility index (Phi) is 11.3. The van der Waals surface area contributed by atoms with Crippen LogP contribution in [-0.4, -0.2) is 89.8 Å². The Morgan fingerprint density at radius 2 is 1.71 bits per heavy atom. The van der Waals surface area contributed by atoms with E-state index in [1.807, 2.05) is 30.0 Å². The number of carboxylic acids is 1. The normalized spacial score (nSPS) is 23.9. The van der Waals surface area contributed by atoms with E-state index >= 15 is 0 Å². The van der Waals surface area contributed by atoms with Crippen molar-refractivity contribution < 1.29 is 33.4 Å². The molecule has 10 nitrogen and oxygen atoms in total. The lowest BCUT2D eigenvalue weighted by molar-refractivity contribution is -0.144. The van der Waals surface area contributed by atoms with Crippen molar-refractivity contribution in [2.75, 3.05) is 38.2 Å². The maximum atomic E-state index is 14.0. The van der Waals surface area contributed by atoms with E-state index in [2.05, 4.69) is 10.2 Å². The average molecular weight is 701 g/mol. The van der Waals surface area contributed by atoms with Crippen LogP contribution >= 0.6 is 23.2 Å². The number of anilines is 1. The van der Waals surface area contributed by atoms with Crippen molar-refractivity contribution in [1.29, 1.82) is 0 Å². The van der Waals surface area contributed by atoms with Crippen molar-refractivity contribution in [2.24, 2.45) is 5.92 Å². The molecule has 0 radical (unpaired) electrons. The molecular formula is C36H43Cl2N3O7. The number of nitrogens with one attached hydrogen (secondary N) is 1. The Hall–Kier alpha value is -3.15. The second kappa shape index (κ2) is 15.6. The molecule has 0 spiro atoms. The van der Waals surface area contributed by atoms with Crippen LogP contribution in [0.5, 0.6) is 0 Å².